The van der Waals surface area contributed by atoms with E-state index in [2.05, 4.69) is 21.2 Å². The lowest BCUT2D eigenvalue weighted by atomic mass is 10.0. The molecule has 1 fully saturated rings. The van der Waals surface area contributed by atoms with Crippen LogP contribution in [0.25, 0.3) is 0 Å². The van der Waals surface area contributed by atoms with Crippen molar-refractivity contribution in [3.63, 3.8) is 0 Å². The van der Waals surface area contributed by atoms with Crippen molar-refractivity contribution in [3.8, 4) is 0 Å². The molecule has 6 nitrogen and oxygen atoms in total. The first-order chi connectivity index (χ1) is 9.77. The summed E-state index contributed by atoms with van der Waals surface area (Å²) < 4.78 is 28.7. The number of ether oxygens (including phenoxy) is 1. The first-order valence-electron chi connectivity index (χ1n) is 6.50. The topological polar surface area (TPSA) is 98.5 Å². The number of rotatable bonds is 4. The van der Waals surface area contributed by atoms with Crippen molar-refractivity contribution in [2.75, 3.05) is 13.2 Å². The minimum absolute atomic E-state index is 0.0976. The molecule has 8 heteroatoms. The van der Waals surface area contributed by atoms with Crippen LogP contribution < -0.4 is 10.5 Å². The molecule has 0 spiro atoms. The number of nitrogens with two attached hydrogens (primary N) is 1. The van der Waals surface area contributed by atoms with Crippen LogP contribution >= 0.6 is 15.9 Å². The smallest absolute Gasteiger partial charge is 0.251 e. The van der Waals surface area contributed by atoms with Crippen LogP contribution in [0.5, 0.6) is 0 Å². The number of sulfonamides is 1. The van der Waals surface area contributed by atoms with Gasteiger partial charge in [-0.2, -0.15) is 0 Å². The Bertz CT molecular complexity index is 648. The Morgan fingerprint density at radius 1 is 1.48 bits per heavy atom. The Morgan fingerprint density at radius 3 is 2.76 bits per heavy atom. The van der Waals surface area contributed by atoms with E-state index in [9.17, 15) is 13.2 Å². The molecular formula is C13H17BrN2O4S. The van der Waals surface area contributed by atoms with Crippen LogP contribution in [-0.2, 0) is 14.8 Å². The Hall–Kier alpha value is -0.960. The molecule has 2 atom stereocenters. The van der Waals surface area contributed by atoms with Crippen molar-refractivity contribution in [1.29, 1.82) is 0 Å². The zero-order chi connectivity index (χ0) is 15.6. The molecule has 1 aromatic carbocycles. The summed E-state index contributed by atoms with van der Waals surface area (Å²) in [5, 5.41) is 7.89. The number of halogens is 1. The highest BCUT2D eigenvalue weighted by Crippen LogP contribution is 2.21. The fourth-order valence-corrected chi connectivity index (χ4v) is 3.46. The second-order valence-corrected chi connectivity index (χ2v) is 7.53. The van der Waals surface area contributed by atoms with E-state index in [0.29, 0.717) is 17.6 Å². The molecule has 0 bridgehead atoms. The predicted octanol–water partition coefficient (Wildman–Crippen LogP) is 1.25. The van der Waals surface area contributed by atoms with Gasteiger partial charge in [-0.1, -0.05) is 15.9 Å². The summed E-state index contributed by atoms with van der Waals surface area (Å²) in [5.74, 6) is -0.0564. The van der Waals surface area contributed by atoms with E-state index in [1.54, 1.807) is 6.07 Å². The van der Waals surface area contributed by atoms with E-state index in [1.165, 1.54) is 12.1 Å². The van der Waals surface area contributed by atoms with E-state index >= 15 is 0 Å². The number of hydrogen-bond acceptors (Lipinski definition) is 4. The Balaban J connectivity index is 2.10. The van der Waals surface area contributed by atoms with Crippen molar-refractivity contribution in [2.45, 2.75) is 24.3 Å². The molecule has 1 saturated heterocycles. The van der Waals surface area contributed by atoms with Gasteiger partial charge in [-0.25, -0.2) is 13.6 Å². The Kier molecular flexibility index (Phi) is 5.03. The Labute approximate surface area is 132 Å². The molecule has 1 aliphatic heterocycles. The molecule has 1 heterocycles. The monoisotopic (exact) mass is 376 g/mol. The first-order valence-corrected chi connectivity index (χ1v) is 8.84. The molecule has 21 heavy (non-hydrogen) atoms. The molecule has 3 N–H and O–H groups in total. The van der Waals surface area contributed by atoms with Crippen molar-refractivity contribution in [3.05, 3.63) is 28.2 Å². The standard InChI is InChI=1S/C13H17BrN2O4S/c1-8-9(2-3-20-8)7-16-13(17)10-4-11(14)6-12(5-10)21(15,18)19/h4-6,8-9H,2-3,7H2,1H3,(H,16,17)(H2,15,18,19). The van der Waals surface area contributed by atoms with E-state index in [-0.39, 0.29) is 28.4 Å². The zero-order valence-electron chi connectivity index (χ0n) is 11.5. The van der Waals surface area contributed by atoms with Gasteiger partial charge < -0.3 is 10.1 Å². The Morgan fingerprint density at radius 2 is 2.19 bits per heavy atom. The lowest BCUT2D eigenvalue weighted by Gasteiger charge is -2.15. The molecule has 0 radical (unpaired) electrons. The van der Waals surface area contributed by atoms with Crippen LogP contribution in [0, 0.1) is 5.92 Å². The molecule has 0 saturated carbocycles. The SMILES string of the molecule is CC1OCCC1CNC(=O)c1cc(Br)cc(S(N)(=O)=O)c1. The fourth-order valence-electron chi connectivity index (χ4n) is 2.23. The predicted molar refractivity (Wildman–Crippen MR) is 81.4 cm³/mol. The third-order valence-electron chi connectivity index (χ3n) is 3.52. The molecule has 2 rings (SSSR count). The zero-order valence-corrected chi connectivity index (χ0v) is 13.9. The summed E-state index contributed by atoms with van der Waals surface area (Å²) in [7, 11) is -3.85. The van der Waals surface area contributed by atoms with E-state index in [0.717, 1.165) is 6.42 Å². The van der Waals surface area contributed by atoms with Gasteiger partial charge in [0.05, 0.1) is 11.0 Å². The lowest BCUT2D eigenvalue weighted by molar-refractivity contribution is 0.0907. The number of nitrogens with one attached hydrogen (secondary N) is 1. The lowest BCUT2D eigenvalue weighted by Crippen LogP contribution is -2.32. The van der Waals surface area contributed by atoms with Gasteiger partial charge in [0, 0.05) is 29.1 Å². The quantitative estimate of drug-likeness (QED) is 0.825. The summed E-state index contributed by atoms with van der Waals surface area (Å²) >= 11 is 3.18. The van der Waals surface area contributed by atoms with E-state index in [4.69, 9.17) is 9.88 Å². The summed E-state index contributed by atoms with van der Waals surface area (Å²) in [5.41, 5.74) is 0.250. The highest BCUT2D eigenvalue weighted by molar-refractivity contribution is 9.10. The van der Waals surface area contributed by atoms with Gasteiger partial charge in [0.1, 0.15) is 0 Å². The average molecular weight is 377 g/mol. The number of carbonyl (C=O) groups excluding carboxylic acids is 1. The van der Waals surface area contributed by atoms with Crippen molar-refractivity contribution < 1.29 is 17.9 Å². The van der Waals surface area contributed by atoms with Crippen LogP contribution in [0.3, 0.4) is 0 Å². The maximum atomic E-state index is 12.1. The van der Waals surface area contributed by atoms with Crippen molar-refractivity contribution >= 4 is 31.9 Å². The first kappa shape index (κ1) is 16.4. The van der Waals surface area contributed by atoms with Gasteiger partial charge in [-0.3, -0.25) is 4.79 Å². The molecular weight excluding hydrogens is 360 g/mol. The van der Waals surface area contributed by atoms with Gasteiger partial charge in [-0.05, 0) is 31.5 Å². The van der Waals surface area contributed by atoms with Crippen LogP contribution in [0.2, 0.25) is 0 Å². The van der Waals surface area contributed by atoms with Crippen molar-refractivity contribution in [2.24, 2.45) is 11.1 Å². The van der Waals surface area contributed by atoms with Gasteiger partial charge in [0.2, 0.25) is 10.0 Å². The minimum Gasteiger partial charge on any atom is -0.378 e. The van der Waals surface area contributed by atoms with Crippen LogP contribution in [0.15, 0.2) is 27.6 Å². The molecule has 0 aliphatic carbocycles. The molecule has 2 unspecified atom stereocenters. The highest BCUT2D eigenvalue weighted by atomic mass is 79.9. The van der Waals surface area contributed by atoms with Gasteiger partial charge in [0.25, 0.3) is 5.91 Å². The summed E-state index contributed by atoms with van der Waals surface area (Å²) in [4.78, 5) is 12.0. The number of carbonyl (C=O) groups is 1. The molecule has 1 aliphatic rings. The van der Waals surface area contributed by atoms with Gasteiger partial charge in [0.15, 0.2) is 0 Å². The summed E-state index contributed by atoms with van der Waals surface area (Å²) in [6, 6.07) is 4.18. The minimum atomic E-state index is -3.85. The summed E-state index contributed by atoms with van der Waals surface area (Å²) in [6.07, 6.45) is 1.02. The molecule has 1 amide bonds. The van der Waals surface area contributed by atoms with Crippen molar-refractivity contribution in [1.82, 2.24) is 5.32 Å². The van der Waals surface area contributed by atoms with Crippen LogP contribution in [0.1, 0.15) is 23.7 Å². The van der Waals surface area contributed by atoms with Gasteiger partial charge >= 0.3 is 0 Å². The normalized spacial score (nSPS) is 22.2. The largest absolute Gasteiger partial charge is 0.378 e. The van der Waals surface area contributed by atoms with E-state index < -0.39 is 10.0 Å². The number of amides is 1. The summed E-state index contributed by atoms with van der Waals surface area (Å²) in [6.45, 7) is 3.17. The number of hydrogen-bond donors (Lipinski definition) is 2. The maximum absolute atomic E-state index is 12.1. The average Bonchev–Trinajstić information content (AvgIpc) is 2.79. The second-order valence-electron chi connectivity index (χ2n) is 5.06. The maximum Gasteiger partial charge on any atom is 0.251 e. The fraction of sp³-hybridized carbons (Fsp3) is 0.462. The number of benzene rings is 1. The van der Waals surface area contributed by atoms with Gasteiger partial charge in [-0.15, -0.1) is 0 Å². The molecule has 116 valence electrons. The number of primary sulfonamides is 1. The third-order valence-corrected chi connectivity index (χ3v) is 4.87. The van der Waals surface area contributed by atoms with Crippen LogP contribution in [0.4, 0.5) is 0 Å². The molecule has 1 aromatic rings. The molecule has 0 aromatic heterocycles. The third kappa shape index (κ3) is 4.26. The van der Waals surface area contributed by atoms with E-state index in [1.807, 2.05) is 6.92 Å². The highest BCUT2D eigenvalue weighted by Gasteiger charge is 2.24. The second kappa shape index (κ2) is 6.43. The van der Waals surface area contributed by atoms with Crippen LogP contribution in [-0.4, -0.2) is 33.6 Å².